The van der Waals surface area contributed by atoms with Crippen LogP contribution in [0.15, 0.2) is 76.5 Å². The molecule has 0 spiro atoms. The molecule has 1 heteroatoms. The fourth-order valence-electron chi connectivity index (χ4n) is 3.82. The molecule has 0 atom stereocenters. The van der Waals surface area contributed by atoms with E-state index in [9.17, 15) is 0 Å². The number of allylic oxidation sites excluding steroid dienone is 4. The summed E-state index contributed by atoms with van der Waals surface area (Å²) in [6.45, 7) is 6.96. The average Bonchev–Trinajstić information content (AvgIpc) is 2.89. The average molecular weight is 347 g/mol. The lowest BCUT2D eigenvalue weighted by Gasteiger charge is -2.09. The molecule has 0 aromatic heterocycles. The van der Waals surface area contributed by atoms with E-state index in [2.05, 4.69) is 75.4 Å². The monoisotopic (exact) mass is 346 g/mol. The van der Waals surface area contributed by atoms with E-state index in [1.165, 1.54) is 36.8 Å². The maximum Gasteiger partial charge on any atom is 0.0878 e. The number of unbranched alkanes of at least 4 members (excludes halogenated alkanes) is 1. The third-order valence-electron chi connectivity index (χ3n) is 5.46. The molecule has 0 N–H and O–H groups in total. The minimum Gasteiger partial charge on any atom is -0.0700 e. The van der Waals surface area contributed by atoms with Crippen molar-refractivity contribution in [3.05, 3.63) is 87.6 Å². The molecule has 0 amide bonds. The normalized spacial score (nSPS) is 15.0. The fourth-order valence-corrected chi connectivity index (χ4v) is 5.68. The van der Waals surface area contributed by atoms with E-state index in [-0.39, 0.29) is 9.52 Å². The Bertz CT molecular complexity index is 764. The number of rotatable bonds is 7. The number of hydrogen-bond acceptors (Lipinski definition) is 0. The van der Waals surface area contributed by atoms with Crippen LogP contribution in [0.2, 0.25) is 0 Å². The standard InChI is InChI=1S/C24H30Si/c1-4-5-9-20-12-14-21(15-13-20)17-22-16-18(2)24(19(22)3)25-23-10-7-6-8-11-23/h6-8,10-15H,4-5,9,16-17,25H2,1-3H3. The van der Waals surface area contributed by atoms with Crippen molar-refractivity contribution < 1.29 is 0 Å². The highest BCUT2D eigenvalue weighted by Gasteiger charge is 2.19. The summed E-state index contributed by atoms with van der Waals surface area (Å²) in [4.78, 5) is 0. The molecule has 0 bridgehead atoms. The second-order valence-electron chi connectivity index (χ2n) is 7.42. The summed E-state index contributed by atoms with van der Waals surface area (Å²) in [6.07, 6.45) is 6.07. The lowest BCUT2D eigenvalue weighted by atomic mass is 9.99. The Morgan fingerprint density at radius 2 is 1.56 bits per heavy atom. The molecule has 0 saturated carbocycles. The van der Waals surface area contributed by atoms with Gasteiger partial charge in [-0.05, 0) is 50.7 Å². The van der Waals surface area contributed by atoms with Crippen LogP contribution in [0.3, 0.4) is 0 Å². The van der Waals surface area contributed by atoms with Crippen LogP contribution in [0.4, 0.5) is 0 Å². The Morgan fingerprint density at radius 1 is 0.880 bits per heavy atom. The molecular formula is C24H30Si. The van der Waals surface area contributed by atoms with E-state index in [1.54, 1.807) is 27.1 Å². The summed E-state index contributed by atoms with van der Waals surface area (Å²) in [5.41, 5.74) is 7.78. The van der Waals surface area contributed by atoms with Crippen molar-refractivity contribution in [2.24, 2.45) is 0 Å². The first kappa shape index (κ1) is 17.9. The molecule has 1 aliphatic carbocycles. The summed E-state index contributed by atoms with van der Waals surface area (Å²) < 4.78 is 0. The zero-order valence-electron chi connectivity index (χ0n) is 15.9. The molecule has 0 heterocycles. The maximum atomic E-state index is 2.35. The van der Waals surface area contributed by atoms with E-state index in [0.717, 1.165) is 6.42 Å². The Hall–Kier alpha value is -1.86. The molecule has 0 aliphatic heterocycles. The zero-order valence-corrected chi connectivity index (χ0v) is 17.4. The van der Waals surface area contributed by atoms with Crippen LogP contribution in [0.5, 0.6) is 0 Å². The summed E-state index contributed by atoms with van der Waals surface area (Å²) in [7, 11) is -0.345. The van der Waals surface area contributed by atoms with Gasteiger partial charge in [0, 0.05) is 0 Å². The smallest absolute Gasteiger partial charge is 0.0700 e. The van der Waals surface area contributed by atoms with Gasteiger partial charge in [-0.1, -0.05) is 95.0 Å². The zero-order chi connectivity index (χ0) is 17.6. The molecular weight excluding hydrogens is 316 g/mol. The van der Waals surface area contributed by atoms with Crippen LogP contribution in [0, 0.1) is 0 Å². The number of hydrogen-bond donors (Lipinski definition) is 0. The summed E-state index contributed by atoms with van der Waals surface area (Å²) in [6, 6.07) is 20.4. The van der Waals surface area contributed by atoms with Crippen molar-refractivity contribution in [3.8, 4) is 0 Å². The van der Waals surface area contributed by atoms with Crippen LogP contribution in [-0.4, -0.2) is 9.52 Å². The number of aryl methyl sites for hydroxylation is 1. The SMILES string of the molecule is CCCCc1ccc(CC2=C(C)C([SiH2]c3ccccc3)=C(C)C2)cc1. The van der Waals surface area contributed by atoms with Crippen LogP contribution >= 0.6 is 0 Å². The predicted molar refractivity (Wildman–Crippen MR) is 113 cm³/mol. The van der Waals surface area contributed by atoms with E-state index >= 15 is 0 Å². The van der Waals surface area contributed by atoms with Gasteiger partial charge >= 0.3 is 0 Å². The van der Waals surface area contributed by atoms with Gasteiger partial charge in [-0.25, -0.2) is 0 Å². The summed E-state index contributed by atoms with van der Waals surface area (Å²) >= 11 is 0. The van der Waals surface area contributed by atoms with Gasteiger partial charge in [-0.3, -0.25) is 0 Å². The Balaban J connectivity index is 1.69. The first-order chi connectivity index (χ1) is 12.2. The highest BCUT2D eigenvalue weighted by atomic mass is 28.2. The molecule has 0 saturated heterocycles. The van der Waals surface area contributed by atoms with Gasteiger partial charge in [0.15, 0.2) is 0 Å². The van der Waals surface area contributed by atoms with E-state index in [4.69, 9.17) is 0 Å². The molecule has 3 rings (SSSR count). The molecule has 2 aromatic rings. The van der Waals surface area contributed by atoms with Crippen LogP contribution in [-0.2, 0) is 12.8 Å². The first-order valence-electron chi connectivity index (χ1n) is 9.66. The van der Waals surface area contributed by atoms with Gasteiger partial charge < -0.3 is 0 Å². The minimum atomic E-state index is -0.345. The largest absolute Gasteiger partial charge is 0.0878 e. The molecule has 2 aromatic carbocycles. The Kier molecular flexibility index (Phi) is 6.09. The number of benzene rings is 2. The van der Waals surface area contributed by atoms with Gasteiger partial charge in [-0.2, -0.15) is 0 Å². The molecule has 0 radical (unpaired) electrons. The van der Waals surface area contributed by atoms with Gasteiger partial charge in [0.1, 0.15) is 0 Å². The second kappa shape index (κ2) is 8.49. The highest BCUT2D eigenvalue weighted by Crippen LogP contribution is 2.33. The van der Waals surface area contributed by atoms with Crippen molar-refractivity contribution >= 4 is 14.7 Å². The Labute approximate surface area is 155 Å². The molecule has 130 valence electrons. The minimum absolute atomic E-state index is 0.345. The van der Waals surface area contributed by atoms with Gasteiger partial charge in [0.25, 0.3) is 0 Å². The maximum absolute atomic E-state index is 2.35. The second-order valence-corrected chi connectivity index (χ2v) is 9.30. The predicted octanol–water partition coefficient (Wildman–Crippen LogP) is 5.06. The van der Waals surface area contributed by atoms with E-state index in [1.807, 2.05) is 0 Å². The molecule has 0 unspecified atom stereocenters. The third kappa shape index (κ3) is 4.61. The van der Waals surface area contributed by atoms with Crippen molar-refractivity contribution in [1.82, 2.24) is 0 Å². The summed E-state index contributed by atoms with van der Waals surface area (Å²) in [5, 5.41) is 3.25. The summed E-state index contributed by atoms with van der Waals surface area (Å²) in [5.74, 6) is 0. The first-order valence-corrected chi connectivity index (χ1v) is 11.1. The van der Waals surface area contributed by atoms with Crippen molar-refractivity contribution in [2.75, 3.05) is 0 Å². The molecule has 0 nitrogen and oxygen atoms in total. The molecule has 0 fully saturated rings. The lowest BCUT2D eigenvalue weighted by molar-refractivity contribution is 0.794. The lowest BCUT2D eigenvalue weighted by Crippen LogP contribution is -2.16. The van der Waals surface area contributed by atoms with Crippen LogP contribution in [0.1, 0.15) is 51.2 Å². The van der Waals surface area contributed by atoms with Gasteiger partial charge in [-0.15, -0.1) is 0 Å². The fraction of sp³-hybridized carbons (Fsp3) is 0.333. The van der Waals surface area contributed by atoms with Crippen LogP contribution in [0.25, 0.3) is 0 Å². The van der Waals surface area contributed by atoms with Crippen molar-refractivity contribution in [1.29, 1.82) is 0 Å². The van der Waals surface area contributed by atoms with E-state index in [0.29, 0.717) is 0 Å². The van der Waals surface area contributed by atoms with Gasteiger partial charge in [0.2, 0.25) is 0 Å². The van der Waals surface area contributed by atoms with Crippen molar-refractivity contribution in [2.45, 2.75) is 52.9 Å². The van der Waals surface area contributed by atoms with Gasteiger partial charge in [0.05, 0.1) is 9.52 Å². The van der Waals surface area contributed by atoms with Crippen molar-refractivity contribution in [3.63, 3.8) is 0 Å². The van der Waals surface area contributed by atoms with Crippen LogP contribution < -0.4 is 5.19 Å². The highest BCUT2D eigenvalue weighted by molar-refractivity contribution is 6.62. The molecule has 1 aliphatic rings. The molecule has 25 heavy (non-hydrogen) atoms. The Morgan fingerprint density at radius 3 is 2.24 bits per heavy atom. The topological polar surface area (TPSA) is 0 Å². The third-order valence-corrected chi connectivity index (χ3v) is 7.83. The van der Waals surface area contributed by atoms with E-state index < -0.39 is 0 Å². The quantitative estimate of drug-likeness (QED) is 0.615.